The summed E-state index contributed by atoms with van der Waals surface area (Å²) >= 11 is 1.26. The predicted octanol–water partition coefficient (Wildman–Crippen LogP) is 7.30. The lowest BCUT2D eigenvalue weighted by molar-refractivity contribution is -0.132. The van der Waals surface area contributed by atoms with Crippen molar-refractivity contribution < 1.29 is 33.6 Å². The number of rotatable bonds is 13. The Morgan fingerprint density at radius 2 is 1.66 bits per heavy atom. The van der Waals surface area contributed by atoms with Crippen LogP contribution in [0.3, 0.4) is 0 Å². The number of anilines is 1. The van der Waals surface area contributed by atoms with Gasteiger partial charge in [-0.2, -0.15) is 0 Å². The van der Waals surface area contributed by atoms with Crippen LogP contribution in [-0.4, -0.2) is 48.7 Å². The zero-order valence-corrected chi connectivity index (χ0v) is 26.1. The Kier molecular flexibility index (Phi) is 9.69. The minimum absolute atomic E-state index is 0.0452. The third-order valence-corrected chi connectivity index (χ3v) is 8.19. The van der Waals surface area contributed by atoms with Gasteiger partial charge in [0, 0.05) is 5.56 Å². The van der Waals surface area contributed by atoms with Crippen LogP contribution in [0.15, 0.2) is 66.2 Å². The number of carbonyl (C=O) groups excluding carboxylic acids is 2. The van der Waals surface area contributed by atoms with E-state index in [4.69, 9.17) is 23.9 Å². The molecular formula is C34H36N2O7S. The van der Waals surface area contributed by atoms with E-state index in [0.29, 0.717) is 64.6 Å². The highest BCUT2D eigenvalue weighted by atomic mass is 32.1. The number of aliphatic hydroxyl groups excluding tert-OH is 1. The summed E-state index contributed by atoms with van der Waals surface area (Å²) in [6, 6.07) is 16.6. The van der Waals surface area contributed by atoms with Gasteiger partial charge in [-0.15, -0.1) is 0 Å². The Labute approximate surface area is 260 Å². The second-order valence-corrected chi connectivity index (χ2v) is 11.2. The van der Waals surface area contributed by atoms with Gasteiger partial charge in [-0.25, -0.2) is 4.98 Å². The van der Waals surface area contributed by atoms with Crippen molar-refractivity contribution in [3.05, 3.63) is 77.4 Å². The van der Waals surface area contributed by atoms with Crippen LogP contribution in [0.2, 0.25) is 0 Å². The average molecular weight is 617 g/mol. The summed E-state index contributed by atoms with van der Waals surface area (Å²) in [7, 11) is 1.58. The number of ether oxygens (including phenoxy) is 4. The molecule has 1 saturated heterocycles. The van der Waals surface area contributed by atoms with E-state index in [1.54, 1.807) is 61.7 Å². The smallest absolute Gasteiger partial charge is 0.301 e. The molecule has 1 atom stereocenters. The van der Waals surface area contributed by atoms with Gasteiger partial charge in [-0.1, -0.05) is 37.7 Å². The Balaban J connectivity index is 1.65. The highest BCUT2D eigenvalue weighted by Gasteiger charge is 2.48. The number of ketones is 1. The summed E-state index contributed by atoms with van der Waals surface area (Å²) in [5.41, 5.74) is 1.56. The van der Waals surface area contributed by atoms with Crippen molar-refractivity contribution >= 4 is 44.1 Å². The third-order valence-electron chi connectivity index (χ3n) is 7.17. The lowest BCUT2D eigenvalue weighted by Crippen LogP contribution is -2.29. The number of aromatic nitrogens is 1. The van der Waals surface area contributed by atoms with Crippen molar-refractivity contribution in [3.63, 3.8) is 0 Å². The number of aliphatic hydroxyl groups is 1. The standard InChI is InChI=1S/C34H36N2O7S/c1-5-8-18-43-26-16-11-22(19-27(26)41-7-3)30-29(31(37)21-9-12-23(13-10-21)42-17-6-2)32(38)33(39)36(30)34-35-25-15-14-24(40-4)20-28(25)44-34/h9-16,19-20,30,37H,5-8,17-18H2,1-4H3. The summed E-state index contributed by atoms with van der Waals surface area (Å²) in [6.45, 7) is 7.45. The molecule has 44 heavy (non-hydrogen) atoms. The summed E-state index contributed by atoms with van der Waals surface area (Å²) in [5.74, 6) is 0.461. The van der Waals surface area contributed by atoms with Crippen LogP contribution in [0.1, 0.15) is 57.2 Å². The van der Waals surface area contributed by atoms with E-state index < -0.39 is 17.7 Å². The van der Waals surface area contributed by atoms with E-state index in [2.05, 4.69) is 6.92 Å². The highest BCUT2D eigenvalue weighted by molar-refractivity contribution is 7.22. The lowest BCUT2D eigenvalue weighted by Gasteiger charge is -2.24. The number of unbranched alkanes of at least 4 members (excludes halogenated alkanes) is 1. The maximum absolute atomic E-state index is 13.8. The number of carbonyl (C=O) groups is 2. The molecule has 1 aliphatic heterocycles. The first-order valence-corrected chi connectivity index (χ1v) is 15.6. The Bertz CT molecular complexity index is 1680. The van der Waals surface area contributed by atoms with E-state index in [0.717, 1.165) is 24.0 Å². The van der Waals surface area contributed by atoms with Crippen LogP contribution in [0, 0.1) is 0 Å². The van der Waals surface area contributed by atoms with Gasteiger partial charge in [0.15, 0.2) is 16.6 Å². The zero-order chi connectivity index (χ0) is 31.2. The fourth-order valence-corrected chi connectivity index (χ4v) is 5.98. The van der Waals surface area contributed by atoms with Gasteiger partial charge in [0.2, 0.25) is 0 Å². The summed E-state index contributed by atoms with van der Waals surface area (Å²) in [4.78, 5) is 33.5. The normalized spacial score (nSPS) is 16.0. The first-order valence-electron chi connectivity index (χ1n) is 14.8. The van der Waals surface area contributed by atoms with Crippen LogP contribution in [0.25, 0.3) is 16.0 Å². The van der Waals surface area contributed by atoms with E-state index in [1.807, 2.05) is 19.9 Å². The first kappa shape index (κ1) is 30.9. The largest absolute Gasteiger partial charge is 0.507 e. The topological polar surface area (TPSA) is 107 Å². The molecule has 0 bridgehead atoms. The lowest BCUT2D eigenvalue weighted by atomic mass is 9.95. The molecule has 5 rings (SSSR count). The van der Waals surface area contributed by atoms with E-state index >= 15 is 0 Å². The number of benzene rings is 3. The number of amides is 1. The minimum Gasteiger partial charge on any atom is -0.507 e. The second-order valence-electron chi connectivity index (χ2n) is 10.2. The minimum atomic E-state index is -0.975. The van der Waals surface area contributed by atoms with Crippen LogP contribution in [-0.2, 0) is 9.59 Å². The molecule has 0 spiro atoms. The van der Waals surface area contributed by atoms with Crippen molar-refractivity contribution in [2.45, 2.75) is 46.1 Å². The molecule has 1 fully saturated rings. The molecule has 9 nitrogen and oxygen atoms in total. The molecule has 1 amide bonds. The maximum atomic E-state index is 13.8. The Morgan fingerprint density at radius 1 is 0.886 bits per heavy atom. The van der Waals surface area contributed by atoms with Crippen LogP contribution in [0.4, 0.5) is 5.13 Å². The van der Waals surface area contributed by atoms with Crippen LogP contribution >= 0.6 is 11.3 Å². The summed E-state index contributed by atoms with van der Waals surface area (Å²) < 4.78 is 23.7. The van der Waals surface area contributed by atoms with Gasteiger partial charge in [0.25, 0.3) is 5.78 Å². The van der Waals surface area contributed by atoms with Crippen molar-refractivity contribution in [1.29, 1.82) is 0 Å². The number of hydrogen-bond donors (Lipinski definition) is 1. The molecule has 0 aliphatic carbocycles. The predicted molar refractivity (Wildman–Crippen MR) is 171 cm³/mol. The maximum Gasteiger partial charge on any atom is 0.301 e. The number of Topliss-reactive ketones (excluding diaryl/α,β-unsaturated/α-hetero) is 1. The Morgan fingerprint density at radius 3 is 2.36 bits per heavy atom. The third kappa shape index (κ3) is 6.21. The molecule has 4 aromatic rings. The molecule has 1 aliphatic rings. The van der Waals surface area contributed by atoms with Crippen molar-refractivity contribution in [1.82, 2.24) is 4.98 Å². The molecule has 1 aromatic heterocycles. The number of hydrogen-bond acceptors (Lipinski definition) is 9. The first-order chi connectivity index (χ1) is 21.4. The molecule has 0 radical (unpaired) electrons. The molecule has 0 saturated carbocycles. The van der Waals surface area contributed by atoms with Crippen LogP contribution < -0.4 is 23.8 Å². The van der Waals surface area contributed by atoms with Gasteiger partial charge < -0.3 is 24.1 Å². The quantitative estimate of drug-likeness (QED) is 0.0722. The fourth-order valence-electron chi connectivity index (χ4n) is 4.96. The highest BCUT2D eigenvalue weighted by Crippen LogP contribution is 2.46. The molecule has 1 N–H and O–H groups in total. The van der Waals surface area contributed by atoms with Gasteiger partial charge in [0.1, 0.15) is 17.3 Å². The van der Waals surface area contributed by atoms with Gasteiger partial charge in [0.05, 0.1) is 48.8 Å². The average Bonchev–Trinajstić information content (AvgIpc) is 3.58. The van der Waals surface area contributed by atoms with Gasteiger partial charge in [-0.05, 0) is 79.9 Å². The number of nitrogens with zero attached hydrogens (tertiary/aromatic N) is 2. The molecular weight excluding hydrogens is 580 g/mol. The number of methoxy groups -OCH3 is 1. The molecule has 1 unspecified atom stereocenters. The van der Waals surface area contributed by atoms with Crippen molar-refractivity contribution in [2.24, 2.45) is 0 Å². The van der Waals surface area contributed by atoms with E-state index in [9.17, 15) is 14.7 Å². The van der Waals surface area contributed by atoms with Crippen molar-refractivity contribution in [2.75, 3.05) is 31.8 Å². The number of fused-ring (bicyclic) bond motifs is 1. The molecule has 3 aromatic carbocycles. The van der Waals surface area contributed by atoms with Crippen molar-refractivity contribution in [3.8, 4) is 23.0 Å². The monoisotopic (exact) mass is 616 g/mol. The van der Waals surface area contributed by atoms with E-state index in [-0.39, 0.29) is 11.3 Å². The Hall–Kier alpha value is -4.57. The SMILES string of the molecule is CCCCOc1ccc(C2C(=C(O)c3ccc(OCCC)cc3)C(=O)C(=O)N2c2nc3ccc(OC)cc3s2)cc1OCC. The van der Waals surface area contributed by atoms with E-state index in [1.165, 1.54) is 16.2 Å². The zero-order valence-electron chi connectivity index (χ0n) is 25.3. The summed E-state index contributed by atoms with van der Waals surface area (Å²) in [6.07, 6.45) is 2.73. The molecule has 2 heterocycles. The molecule has 10 heteroatoms. The molecule has 230 valence electrons. The summed E-state index contributed by atoms with van der Waals surface area (Å²) in [5, 5.41) is 11.9. The fraction of sp³-hybridized carbons (Fsp3) is 0.324. The second kappa shape index (κ2) is 13.8. The van der Waals surface area contributed by atoms with Gasteiger partial charge >= 0.3 is 5.91 Å². The van der Waals surface area contributed by atoms with Gasteiger partial charge in [-0.3, -0.25) is 14.5 Å². The van der Waals surface area contributed by atoms with Crippen LogP contribution in [0.5, 0.6) is 23.0 Å². The number of thiazole rings is 1.